The molecule has 1 aliphatic heterocycles. The Balaban J connectivity index is 1.35. The lowest BCUT2D eigenvalue weighted by molar-refractivity contribution is 0.0383. The van der Waals surface area contributed by atoms with Crippen molar-refractivity contribution in [1.82, 2.24) is 20.1 Å². The zero-order valence-electron chi connectivity index (χ0n) is 18.9. The van der Waals surface area contributed by atoms with Crippen LogP contribution in [-0.4, -0.2) is 60.0 Å². The second-order valence-electron chi connectivity index (χ2n) is 8.32. The van der Waals surface area contributed by atoms with E-state index < -0.39 is 0 Å². The Morgan fingerprint density at radius 2 is 1.97 bits per heavy atom. The van der Waals surface area contributed by atoms with Gasteiger partial charge in [0.1, 0.15) is 5.75 Å². The van der Waals surface area contributed by atoms with Crippen LogP contribution in [0.4, 0.5) is 5.13 Å². The van der Waals surface area contributed by atoms with Crippen LogP contribution < -0.4 is 9.64 Å². The molecular formula is C25H29N5O2S. The van der Waals surface area contributed by atoms with Gasteiger partial charge in [0.25, 0.3) is 0 Å². The third kappa shape index (κ3) is 5.52. The average molecular weight is 464 g/mol. The van der Waals surface area contributed by atoms with Gasteiger partial charge in [-0.15, -0.1) is 11.3 Å². The number of methoxy groups -OCH3 is 1. The van der Waals surface area contributed by atoms with Crippen molar-refractivity contribution in [2.75, 3.05) is 44.9 Å². The van der Waals surface area contributed by atoms with Crippen LogP contribution in [-0.2, 0) is 24.2 Å². The molecular weight excluding hydrogens is 434 g/mol. The monoisotopic (exact) mass is 463 g/mol. The van der Waals surface area contributed by atoms with Gasteiger partial charge < -0.3 is 14.4 Å². The van der Waals surface area contributed by atoms with Crippen molar-refractivity contribution >= 4 is 27.4 Å². The van der Waals surface area contributed by atoms with Crippen LogP contribution in [0.15, 0.2) is 54.0 Å². The number of morpholine rings is 1. The van der Waals surface area contributed by atoms with E-state index >= 15 is 0 Å². The van der Waals surface area contributed by atoms with Gasteiger partial charge in [-0.05, 0) is 29.3 Å². The van der Waals surface area contributed by atoms with E-state index in [1.807, 2.05) is 18.3 Å². The van der Waals surface area contributed by atoms with E-state index in [1.165, 1.54) is 11.1 Å². The lowest BCUT2D eigenvalue weighted by atomic mass is 10.1. The lowest BCUT2D eigenvalue weighted by Crippen LogP contribution is -2.37. The predicted molar refractivity (Wildman–Crippen MR) is 132 cm³/mol. The predicted octanol–water partition coefficient (Wildman–Crippen LogP) is 4.11. The molecule has 0 bridgehead atoms. The molecule has 3 heterocycles. The molecule has 5 rings (SSSR count). The quantitative estimate of drug-likeness (QED) is 0.403. The minimum atomic E-state index is 0.759. The van der Waals surface area contributed by atoms with Crippen LogP contribution in [0.1, 0.15) is 16.8 Å². The topological polar surface area (TPSA) is 66.5 Å². The van der Waals surface area contributed by atoms with Crippen molar-refractivity contribution in [3.05, 3.63) is 70.9 Å². The number of aromatic amines is 1. The number of nitrogens with zero attached hydrogens (tertiary/aromatic N) is 4. The van der Waals surface area contributed by atoms with Crippen LogP contribution in [0.2, 0.25) is 0 Å². The average Bonchev–Trinajstić information content (AvgIpc) is 3.52. The highest BCUT2D eigenvalue weighted by Gasteiger charge is 2.16. The van der Waals surface area contributed by atoms with Crippen molar-refractivity contribution in [2.24, 2.45) is 0 Å². The molecule has 172 valence electrons. The summed E-state index contributed by atoms with van der Waals surface area (Å²) in [7, 11) is 1.71. The molecule has 7 nitrogen and oxygen atoms in total. The fourth-order valence-corrected chi connectivity index (χ4v) is 5.00. The Morgan fingerprint density at radius 3 is 2.82 bits per heavy atom. The summed E-state index contributed by atoms with van der Waals surface area (Å²) in [6.07, 6.45) is 2.82. The number of benzene rings is 2. The van der Waals surface area contributed by atoms with Crippen LogP contribution >= 0.6 is 11.3 Å². The molecule has 2 aromatic heterocycles. The summed E-state index contributed by atoms with van der Waals surface area (Å²) in [6.45, 7) is 6.23. The van der Waals surface area contributed by atoms with Crippen molar-refractivity contribution in [2.45, 2.75) is 19.5 Å². The first-order valence-corrected chi connectivity index (χ1v) is 12.2. The van der Waals surface area contributed by atoms with Gasteiger partial charge in [-0.3, -0.25) is 10.00 Å². The van der Waals surface area contributed by atoms with Crippen molar-refractivity contribution < 1.29 is 9.47 Å². The molecule has 2 aromatic carbocycles. The largest absolute Gasteiger partial charge is 0.497 e. The summed E-state index contributed by atoms with van der Waals surface area (Å²) in [5.74, 6) is 0.872. The highest BCUT2D eigenvalue weighted by Crippen LogP contribution is 2.27. The minimum Gasteiger partial charge on any atom is -0.497 e. The third-order valence-electron chi connectivity index (χ3n) is 5.99. The van der Waals surface area contributed by atoms with E-state index in [-0.39, 0.29) is 0 Å². The zero-order chi connectivity index (χ0) is 22.5. The van der Waals surface area contributed by atoms with E-state index in [9.17, 15) is 0 Å². The lowest BCUT2D eigenvalue weighted by Gasteiger charge is -2.26. The first-order valence-electron chi connectivity index (χ1n) is 11.3. The maximum Gasteiger partial charge on any atom is 0.186 e. The van der Waals surface area contributed by atoms with Crippen LogP contribution in [0.5, 0.6) is 5.75 Å². The van der Waals surface area contributed by atoms with E-state index in [0.29, 0.717) is 0 Å². The molecule has 1 saturated heterocycles. The Bertz CT molecular complexity index is 1180. The van der Waals surface area contributed by atoms with Gasteiger partial charge in [0, 0.05) is 49.9 Å². The Kier molecular flexibility index (Phi) is 6.85. The number of anilines is 1. The number of rotatable bonds is 9. The molecule has 0 aliphatic carbocycles. The molecule has 4 aromatic rings. The van der Waals surface area contributed by atoms with Gasteiger partial charge in [-0.25, -0.2) is 4.98 Å². The number of fused-ring (bicyclic) bond motifs is 1. The molecule has 0 amide bonds. The van der Waals surface area contributed by atoms with Gasteiger partial charge in [0.05, 0.1) is 37.7 Å². The molecule has 1 aliphatic rings. The number of nitrogens with one attached hydrogen (secondary N) is 1. The number of hydrogen-bond acceptors (Lipinski definition) is 7. The van der Waals surface area contributed by atoms with Crippen molar-refractivity contribution in [3.8, 4) is 5.75 Å². The normalized spacial score (nSPS) is 14.6. The molecule has 0 radical (unpaired) electrons. The van der Waals surface area contributed by atoms with E-state index in [1.54, 1.807) is 18.4 Å². The number of H-pyrrole nitrogens is 1. The van der Waals surface area contributed by atoms with Crippen LogP contribution in [0.3, 0.4) is 0 Å². The number of aromatic nitrogens is 3. The van der Waals surface area contributed by atoms with Crippen molar-refractivity contribution in [3.63, 3.8) is 0 Å². The summed E-state index contributed by atoms with van der Waals surface area (Å²) >= 11 is 1.72. The molecule has 0 saturated carbocycles. The van der Waals surface area contributed by atoms with E-state index in [2.05, 4.69) is 55.7 Å². The summed E-state index contributed by atoms with van der Waals surface area (Å²) in [6, 6.07) is 14.7. The van der Waals surface area contributed by atoms with Gasteiger partial charge in [-0.1, -0.05) is 24.3 Å². The molecule has 0 unspecified atom stereocenters. The SMILES string of the molecule is COc1cccc(CN(Cc2ccc3cn[nH]c3c2)c2nc(CCN3CCOCC3)cs2)c1. The highest BCUT2D eigenvalue weighted by atomic mass is 32.1. The maximum atomic E-state index is 5.46. The first-order chi connectivity index (χ1) is 16.3. The van der Waals surface area contributed by atoms with E-state index in [4.69, 9.17) is 14.5 Å². The molecule has 0 atom stereocenters. The summed E-state index contributed by atoms with van der Waals surface area (Å²) in [5, 5.41) is 11.6. The molecule has 8 heteroatoms. The Hall–Kier alpha value is -2.94. The molecule has 1 fully saturated rings. The smallest absolute Gasteiger partial charge is 0.186 e. The highest BCUT2D eigenvalue weighted by molar-refractivity contribution is 7.13. The standard InChI is InChI=1S/C25H29N5O2S/c1-31-23-4-2-3-19(13-23)16-30(17-20-5-6-21-15-26-28-24(21)14-20)25-27-22(18-33-25)7-8-29-9-11-32-12-10-29/h2-6,13-15,18H,7-12,16-17H2,1H3,(H,26,28). The van der Waals surface area contributed by atoms with Crippen LogP contribution in [0, 0.1) is 0 Å². The molecule has 0 spiro atoms. The fourth-order valence-electron chi connectivity index (χ4n) is 4.14. The summed E-state index contributed by atoms with van der Waals surface area (Å²) in [4.78, 5) is 9.81. The summed E-state index contributed by atoms with van der Waals surface area (Å²) in [5.41, 5.74) is 4.63. The fraction of sp³-hybridized carbons (Fsp3) is 0.360. The van der Waals surface area contributed by atoms with Crippen molar-refractivity contribution in [1.29, 1.82) is 0 Å². The minimum absolute atomic E-state index is 0.759. The zero-order valence-corrected chi connectivity index (χ0v) is 19.7. The Labute approximate surface area is 198 Å². The second kappa shape index (κ2) is 10.3. The first kappa shape index (κ1) is 21.9. The van der Waals surface area contributed by atoms with Crippen LogP contribution in [0.25, 0.3) is 10.9 Å². The molecule has 1 N–H and O–H groups in total. The maximum absolute atomic E-state index is 5.46. The second-order valence-corrected chi connectivity index (χ2v) is 9.16. The third-order valence-corrected chi connectivity index (χ3v) is 6.94. The van der Waals surface area contributed by atoms with Gasteiger partial charge in [0.2, 0.25) is 0 Å². The van der Waals surface area contributed by atoms with E-state index in [0.717, 1.165) is 79.8 Å². The van der Waals surface area contributed by atoms with Gasteiger partial charge >= 0.3 is 0 Å². The number of hydrogen-bond donors (Lipinski definition) is 1. The number of ether oxygens (including phenoxy) is 2. The Morgan fingerprint density at radius 1 is 1.12 bits per heavy atom. The number of thiazole rings is 1. The van der Waals surface area contributed by atoms with Gasteiger partial charge in [0.15, 0.2) is 5.13 Å². The summed E-state index contributed by atoms with van der Waals surface area (Å²) < 4.78 is 10.9. The molecule has 33 heavy (non-hydrogen) atoms. The van der Waals surface area contributed by atoms with Gasteiger partial charge in [-0.2, -0.15) is 5.10 Å².